The number of rotatable bonds is 2. The molecule has 7 nitrogen and oxygen atoms in total. The molecule has 0 aromatic carbocycles. The lowest BCUT2D eigenvalue weighted by atomic mass is 10.3. The van der Waals surface area contributed by atoms with Crippen molar-refractivity contribution in [2.75, 3.05) is 0 Å². The van der Waals surface area contributed by atoms with Crippen molar-refractivity contribution in [1.82, 2.24) is 0 Å². The van der Waals surface area contributed by atoms with Gasteiger partial charge in [-0.1, -0.05) is 0 Å². The van der Waals surface area contributed by atoms with Crippen LogP contribution in [0.4, 0.5) is 9.59 Å². The van der Waals surface area contributed by atoms with Gasteiger partial charge < -0.3 is 24.4 Å². The highest BCUT2D eigenvalue weighted by atomic mass is 16.8. The van der Waals surface area contributed by atoms with Gasteiger partial charge in [0.1, 0.15) is 0 Å². The van der Waals surface area contributed by atoms with Crippen molar-refractivity contribution < 1.29 is 34.0 Å². The third-order valence-corrected chi connectivity index (χ3v) is 1.41. The van der Waals surface area contributed by atoms with Gasteiger partial charge in [-0.25, -0.2) is 9.59 Å². The Kier molecular flexibility index (Phi) is 2.91. The van der Waals surface area contributed by atoms with Crippen molar-refractivity contribution in [3.63, 3.8) is 0 Å². The third kappa shape index (κ3) is 3.16. The summed E-state index contributed by atoms with van der Waals surface area (Å²) >= 11 is 0. The van der Waals surface area contributed by atoms with Gasteiger partial charge in [0, 0.05) is 12.8 Å². The molecule has 1 aliphatic heterocycles. The maximum atomic E-state index is 10.0. The molecular weight excluding hydrogens is 184 g/mol. The second-order valence-electron chi connectivity index (χ2n) is 2.34. The number of carbonyl (C=O) groups is 2. The van der Waals surface area contributed by atoms with Gasteiger partial charge in [0.25, 0.3) is 0 Å². The number of carboxylic acid groups (broad SMARTS) is 2. The first-order valence-electron chi connectivity index (χ1n) is 3.52. The van der Waals surface area contributed by atoms with Crippen LogP contribution >= 0.6 is 0 Å². The fraction of sp³-hybridized carbons (Fsp3) is 0.667. The molecule has 2 atom stereocenters. The van der Waals surface area contributed by atoms with Crippen LogP contribution in [0.15, 0.2) is 0 Å². The molecule has 1 rings (SSSR count). The summed E-state index contributed by atoms with van der Waals surface area (Å²) in [7, 11) is 0. The van der Waals surface area contributed by atoms with Crippen molar-refractivity contribution in [2.24, 2.45) is 0 Å². The second kappa shape index (κ2) is 3.94. The molecule has 1 heterocycles. The Balaban J connectivity index is 2.27. The van der Waals surface area contributed by atoms with Crippen molar-refractivity contribution in [3.8, 4) is 0 Å². The smallest absolute Gasteiger partial charge is 0.450 e. The Hall–Kier alpha value is -1.50. The Morgan fingerprint density at radius 2 is 1.46 bits per heavy atom. The third-order valence-electron chi connectivity index (χ3n) is 1.41. The van der Waals surface area contributed by atoms with Crippen molar-refractivity contribution in [3.05, 3.63) is 0 Å². The Morgan fingerprint density at radius 1 is 1.08 bits per heavy atom. The first-order valence-corrected chi connectivity index (χ1v) is 3.52. The predicted molar refractivity (Wildman–Crippen MR) is 36.1 cm³/mol. The molecule has 0 aromatic rings. The summed E-state index contributed by atoms with van der Waals surface area (Å²) in [6, 6.07) is 0. The molecule has 1 saturated heterocycles. The largest absolute Gasteiger partial charge is 0.508 e. The SMILES string of the molecule is O=C(O)OC1CCC(OC(=O)O)O1. The summed E-state index contributed by atoms with van der Waals surface area (Å²) in [5.74, 6) is 0. The van der Waals surface area contributed by atoms with E-state index in [1.807, 2.05) is 0 Å². The summed E-state index contributed by atoms with van der Waals surface area (Å²) in [5, 5.41) is 16.4. The van der Waals surface area contributed by atoms with Crippen LogP contribution in [0.25, 0.3) is 0 Å². The minimum Gasteiger partial charge on any atom is -0.450 e. The molecular formula is C6H8O7. The normalized spacial score (nSPS) is 26.8. The predicted octanol–water partition coefficient (Wildman–Crippen LogP) is 0.838. The van der Waals surface area contributed by atoms with E-state index in [0.717, 1.165) is 0 Å². The van der Waals surface area contributed by atoms with Gasteiger partial charge in [-0.3, -0.25) is 0 Å². The average molecular weight is 192 g/mol. The summed E-state index contributed by atoms with van der Waals surface area (Å²) in [6.45, 7) is 0. The van der Waals surface area contributed by atoms with Crippen molar-refractivity contribution in [2.45, 2.75) is 25.4 Å². The van der Waals surface area contributed by atoms with Crippen LogP contribution in [0.3, 0.4) is 0 Å². The summed E-state index contributed by atoms with van der Waals surface area (Å²) in [4.78, 5) is 20.0. The molecule has 0 bridgehead atoms. The summed E-state index contributed by atoms with van der Waals surface area (Å²) < 4.78 is 13.3. The van der Waals surface area contributed by atoms with Crippen LogP contribution in [-0.4, -0.2) is 35.1 Å². The molecule has 0 aromatic heterocycles. The highest BCUT2D eigenvalue weighted by Gasteiger charge is 2.30. The van der Waals surface area contributed by atoms with E-state index in [2.05, 4.69) is 9.47 Å². The van der Waals surface area contributed by atoms with E-state index in [1.54, 1.807) is 0 Å². The van der Waals surface area contributed by atoms with E-state index in [1.165, 1.54) is 0 Å². The topological polar surface area (TPSA) is 102 Å². The zero-order valence-electron chi connectivity index (χ0n) is 6.50. The van der Waals surface area contributed by atoms with Gasteiger partial charge in [0.2, 0.25) is 12.6 Å². The standard InChI is InChI=1S/C6H8O7/c7-5(8)12-3-1-2-4(11-3)13-6(9)10/h3-4H,1-2H2,(H,7,8)(H,9,10). The van der Waals surface area contributed by atoms with Crippen molar-refractivity contribution >= 4 is 12.3 Å². The lowest BCUT2D eigenvalue weighted by molar-refractivity contribution is -0.173. The summed E-state index contributed by atoms with van der Waals surface area (Å²) in [5.41, 5.74) is 0. The zero-order chi connectivity index (χ0) is 9.84. The van der Waals surface area contributed by atoms with Crippen LogP contribution < -0.4 is 0 Å². The molecule has 0 amide bonds. The van der Waals surface area contributed by atoms with Crippen LogP contribution in [0.1, 0.15) is 12.8 Å². The van der Waals surface area contributed by atoms with Crippen LogP contribution in [0.2, 0.25) is 0 Å². The van der Waals surface area contributed by atoms with Crippen LogP contribution in [0.5, 0.6) is 0 Å². The maximum absolute atomic E-state index is 10.0. The Labute approximate surface area is 72.8 Å². The lowest BCUT2D eigenvalue weighted by Gasteiger charge is -2.10. The second-order valence-corrected chi connectivity index (χ2v) is 2.34. The van der Waals surface area contributed by atoms with Gasteiger partial charge in [-0.2, -0.15) is 0 Å². The fourth-order valence-electron chi connectivity index (χ4n) is 0.976. The number of hydrogen-bond donors (Lipinski definition) is 2. The van der Waals surface area contributed by atoms with E-state index in [4.69, 9.17) is 14.9 Å². The molecule has 7 heteroatoms. The fourth-order valence-corrected chi connectivity index (χ4v) is 0.976. The average Bonchev–Trinajstić information content (AvgIpc) is 2.33. The van der Waals surface area contributed by atoms with Gasteiger partial charge in [-0.05, 0) is 0 Å². The van der Waals surface area contributed by atoms with Gasteiger partial charge in [-0.15, -0.1) is 0 Å². The highest BCUT2D eigenvalue weighted by Crippen LogP contribution is 2.21. The van der Waals surface area contributed by atoms with E-state index >= 15 is 0 Å². The monoisotopic (exact) mass is 192 g/mol. The maximum Gasteiger partial charge on any atom is 0.508 e. The van der Waals surface area contributed by atoms with Gasteiger partial charge >= 0.3 is 12.3 Å². The first-order chi connectivity index (χ1) is 6.08. The zero-order valence-corrected chi connectivity index (χ0v) is 6.50. The minimum absolute atomic E-state index is 0.296. The van der Waals surface area contributed by atoms with Crippen LogP contribution in [-0.2, 0) is 14.2 Å². The number of ether oxygens (including phenoxy) is 3. The Morgan fingerprint density at radius 3 is 1.77 bits per heavy atom. The molecule has 0 spiro atoms. The molecule has 0 radical (unpaired) electrons. The van der Waals surface area contributed by atoms with Crippen molar-refractivity contribution in [1.29, 1.82) is 0 Å². The van der Waals surface area contributed by atoms with E-state index in [-0.39, 0.29) is 0 Å². The number of hydrogen-bond acceptors (Lipinski definition) is 5. The molecule has 0 saturated carbocycles. The molecule has 74 valence electrons. The molecule has 0 aliphatic carbocycles. The Bertz CT molecular complexity index is 191. The first kappa shape index (κ1) is 9.59. The highest BCUT2D eigenvalue weighted by molar-refractivity contribution is 5.57. The quantitative estimate of drug-likeness (QED) is 0.624. The van der Waals surface area contributed by atoms with Crippen LogP contribution in [0, 0.1) is 0 Å². The molecule has 1 aliphatic rings. The molecule has 2 unspecified atom stereocenters. The van der Waals surface area contributed by atoms with E-state index in [9.17, 15) is 9.59 Å². The summed E-state index contributed by atoms with van der Waals surface area (Å²) in [6.07, 6.45) is -4.18. The minimum atomic E-state index is -1.46. The molecule has 13 heavy (non-hydrogen) atoms. The van der Waals surface area contributed by atoms with Gasteiger partial charge in [0.15, 0.2) is 0 Å². The van der Waals surface area contributed by atoms with E-state index < -0.39 is 24.9 Å². The molecule has 1 fully saturated rings. The van der Waals surface area contributed by atoms with Gasteiger partial charge in [0.05, 0.1) is 0 Å². The lowest BCUT2D eigenvalue weighted by Crippen LogP contribution is -2.20. The van der Waals surface area contributed by atoms with E-state index in [0.29, 0.717) is 12.8 Å². The molecule has 2 N–H and O–H groups in total.